The highest BCUT2D eigenvalue weighted by Crippen LogP contribution is 2.32. The molecule has 0 spiro atoms. The van der Waals surface area contributed by atoms with Crippen LogP contribution in [0.15, 0.2) is 0 Å². The third kappa shape index (κ3) is 2.86. The molecule has 2 aliphatic rings. The largest absolute Gasteiger partial charge is 0.481 e. The Labute approximate surface area is 110 Å². The van der Waals surface area contributed by atoms with Crippen molar-refractivity contribution in [3.05, 3.63) is 0 Å². The number of likely N-dealkylation sites (N-methyl/N-ethyl adjacent to an activating group) is 1. The molecule has 1 saturated carbocycles. The molecule has 0 bridgehead atoms. The van der Waals surface area contributed by atoms with Gasteiger partial charge in [-0.2, -0.15) is 0 Å². The molecule has 0 aromatic heterocycles. The first kappa shape index (κ1) is 13.8. The Morgan fingerprint density at radius 2 is 1.83 bits per heavy atom. The van der Waals surface area contributed by atoms with Crippen LogP contribution in [0.2, 0.25) is 0 Å². The summed E-state index contributed by atoms with van der Waals surface area (Å²) in [7, 11) is 2.04. The molecular formula is C14H26N2O2. The van der Waals surface area contributed by atoms with Crippen molar-refractivity contribution in [3.63, 3.8) is 0 Å². The van der Waals surface area contributed by atoms with Crippen molar-refractivity contribution < 1.29 is 9.90 Å². The Kier molecular flexibility index (Phi) is 3.97. The second-order valence-electron chi connectivity index (χ2n) is 6.63. The third-order valence-corrected chi connectivity index (χ3v) is 4.50. The Bertz CT molecular complexity index is 311. The summed E-state index contributed by atoms with van der Waals surface area (Å²) in [5, 5.41) is 9.36. The zero-order valence-electron chi connectivity index (χ0n) is 11.9. The van der Waals surface area contributed by atoms with Crippen molar-refractivity contribution in [2.24, 2.45) is 5.92 Å². The lowest BCUT2D eigenvalue weighted by molar-refractivity contribution is -0.142. The van der Waals surface area contributed by atoms with E-state index in [-0.39, 0.29) is 11.5 Å². The fourth-order valence-electron chi connectivity index (χ4n) is 3.75. The molecule has 0 aromatic rings. The van der Waals surface area contributed by atoms with E-state index in [9.17, 15) is 9.90 Å². The lowest BCUT2D eigenvalue weighted by atomic mass is 9.98. The zero-order chi connectivity index (χ0) is 13.3. The molecule has 1 aliphatic heterocycles. The van der Waals surface area contributed by atoms with Crippen LogP contribution in [0.1, 0.15) is 39.5 Å². The Morgan fingerprint density at radius 1 is 1.22 bits per heavy atom. The topological polar surface area (TPSA) is 43.8 Å². The van der Waals surface area contributed by atoms with Gasteiger partial charge in [0.1, 0.15) is 0 Å². The number of hydrogen-bond donors (Lipinski definition) is 1. The van der Waals surface area contributed by atoms with Crippen LogP contribution in [-0.2, 0) is 4.79 Å². The van der Waals surface area contributed by atoms with E-state index in [4.69, 9.17) is 0 Å². The molecule has 0 radical (unpaired) electrons. The van der Waals surface area contributed by atoms with Gasteiger partial charge in [0.2, 0.25) is 0 Å². The van der Waals surface area contributed by atoms with Crippen LogP contribution in [0.4, 0.5) is 0 Å². The normalized spacial score (nSPS) is 31.4. The number of carboxylic acid groups (broad SMARTS) is 1. The van der Waals surface area contributed by atoms with E-state index in [0.717, 1.165) is 6.54 Å². The minimum atomic E-state index is -0.650. The van der Waals surface area contributed by atoms with E-state index in [0.29, 0.717) is 19.1 Å². The molecule has 1 unspecified atom stereocenters. The smallest absolute Gasteiger partial charge is 0.309 e. The number of rotatable bonds is 2. The molecule has 0 amide bonds. The molecule has 1 aliphatic carbocycles. The van der Waals surface area contributed by atoms with Crippen LogP contribution in [-0.4, -0.2) is 59.1 Å². The highest BCUT2D eigenvalue weighted by molar-refractivity contribution is 5.70. The van der Waals surface area contributed by atoms with Gasteiger partial charge in [0, 0.05) is 31.2 Å². The number of aliphatic carboxylic acids is 1. The predicted molar refractivity (Wildman–Crippen MR) is 71.7 cm³/mol. The van der Waals surface area contributed by atoms with Gasteiger partial charge >= 0.3 is 5.97 Å². The predicted octanol–water partition coefficient (Wildman–Crippen LogP) is 1.66. The van der Waals surface area contributed by atoms with Gasteiger partial charge in [-0.05, 0) is 33.7 Å². The number of hydrogen-bond acceptors (Lipinski definition) is 3. The van der Waals surface area contributed by atoms with E-state index < -0.39 is 5.97 Å². The number of carbonyl (C=O) groups is 1. The second-order valence-corrected chi connectivity index (χ2v) is 6.63. The van der Waals surface area contributed by atoms with Gasteiger partial charge in [-0.15, -0.1) is 0 Å². The van der Waals surface area contributed by atoms with E-state index in [1.54, 1.807) is 0 Å². The lowest BCUT2D eigenvalue weighted by Gasteiger charge is -2.42. The Morgan fingerprint density at radius 3 is 2.39 bits per heavy atom. The summed E-state index contributed by atoms with van der Waals surface area (Å²) in [5.74, 6) is -0.903. The van der Waals surface area contributed by atoms with Gasteiger partial charge in [-0.3, -0.25) is 9.69 Å². The molecule has 0 aromatic carbocycles. The first-order chi connectivity index (χ1) is 8.40. The summed E-state index contributed by atoms with van der Waals surface area (Å²) in [6, 6.07) is 0.591. The van der Waals surface area contributed by atoms with Crippen LogP contribution < -0.4 is 0 Å². The molecule has 2 fully saturated rings. The van der Waals surface area contributed by atoms with E-state index >= 15 is 0 Å². The number of nitrogens with zero attached hydrogens (tertiary/aromatic N) is 2. The first-order valence-electron chi connectivity index (χ1n) is 7.08. The Balaban J connectivity index is 2.19. The summed E-state index contributed by atoms with van der Waals surface area (Å²) >= 11 is 0. The van der Waals surface area contributed by atoms with Crippen molar-refractivity contribution in [1.82, 2.24) is 9.80 Å². The van der Waals surface area contributed by atoms with E-state index in [1.807, 2.05) is 7.05 Å². The lowest BCUT2D eigenvalue weighted by Crippen LogP contribution is -2.53. The van der Waals surface area contributed by atoms with Gasteiger partial charge in [0.15, 0.2) is 0 Å². The molecule has 1 saturated heterocycles. The van der Waals surface area contributed by atoms with Crippen molar-refractivity contribution in [2.75, 3.05) is 26.7 Å². The molecule has 18 heavy (non-hydrogen) atoms. The van der Waals surface area contributed by atoms with Crippen molar-refractivity contribution in [1.29, 1.82) is 0 Å². The number of carboxylic acids is 1. The van der Waals surface area contributed by atoms with Gasteiger partial charge in [0.05, 0.1) is 5.92 Å². The van der Waals surface area contributed by atoms with Gasteiger partial charge in [0.25, 0.3) is 0 Å². The molecule has 1 atom stereocenters. The maximum absolute atomic E-state index is 11.4. The summed E-state index contributed by atoms with van der Waals surface area (Å²) in [6.07, 6.45) is 5.06. The molecule has 104 valence electrons. The van der Waals surface area contributed by atoms with E-state index in [2.05, 4.69) is 23.6 Å². The molecule has 1 N–H and O–H groups in total. The summed E-state index contributed by atoms with van der Waals surface area (Å²) in [5.41, 5.74) is 0.0773. The van der Waals surface area contributed by atoms with Crippen LogP contribution in [0.5, 0.6) is 0 Å². The Hall–Kier alpha value is -0.610. The fraction of sp³-hybridized carbons (Fsp3) is 0.929. The van der Waals surface area contributed by atoms with Crippen LogP contribution in [0.3, 0.4) is 0 Å². The molecule has 4 nitrogen and oxygen atoms in total. The van der Waals surface area contributed by atoms with Gasteiger partial charge in [-0.25, -0.2) is 0 Å². The van der Waals surface area contributed by atoms with Crippen LogP contribution in [0, 0.1) is 5.92 Å². The minimum Gasteiger partial charge on any atom is -0.481 e. The minimum absolute atomic E-state index is 0.0773. The monoisotopic (exact) mass is 254 g/mol. The average molecular weight is 254 g/mol. The molecular weight excluding hydrogens is 228 g/mol. The van der Waals surface area contributed by atoms with Crippen LogP contribution in [0.25, 0.3) is 0 Å². The highest BCUT2D eigenvalue weighted by Gasteiger charge is 2.40. The summed E-state index contributed by atoms with van der Waals surface area (Å²) in [6.45, 7) is 6.84. The second kappa shape index (κ2) is 5.17. The maximum Gasteiger partial charge on any atom is 0.309 e. The SMILES string of the molecule is CN1CC(C(=O)O)CN(C2CCCC2)C(C)(C)C1. The molecule has 1 heterocycles. The molecule has 2 rings (SSSR count). The highest BCUT2D eigenvalue weighted by atomic mass is 16.4. The van der Waals surface area contributed by atoms with Gasteiger partial charge in [-0.1, -0.05) is 12.8 Å². The fourth-order valence-corrected chi connectivity index (χ4v) is 3.75. The first-order valence-corrected chi connectivity index (χ1v) is 7.08. The molecule has 4 heteroatoms. The average Bonchev–Trinajstić information content (AvgIpc) is 2.71. The van der Waals surface area contributed by atoms with Crippen molar-refractivity contribution >= 4 is 5.97 Å². The quantitative estimate of drug-likeness (QED) is 0.814. The van der Waals surface area contributed by atoms with Crippen LogP contribution >= 0.6 is 0 Å². The third-order valence-electron chi connectivity index (χ3n) is 4.50. The maximum atomic E-state index is 11.4. The van der Waals surface area contributed by atoms with E-state index in [1.165, 1.54) is 25.7 Å². The van der Waals surface area contributed by atoms with Gasteiger partial charge < -0.3 is 10.0 Å². The summed E-state index contributed by atoms with van der Waals surface area (Å²) < 4.78 is 0. The standard InChI is InChI=1S/C14H26N2O2/c1-14(2)10-15(3)8-11(13(17)18)9-16(14)12-6-4-5-7-12/h11-12H,4-10H2,1-3H3,(H,17,18). The van der Waals surface area contributed by atoms with Crippen molar-refractivity contribution in [2.45, 2.75) is 51.1 Å². The summed E-state index contributed by atoms with van der Waals surface area (Å²) in [4.78, 5) is 16.0. The van der Waals surface area contributed by atoms with Crippen molar-refractivity contribution in [3.8, 4) is 0 Å². The zero-order valence-corrected chi connectivity index (χ0v) is 11.9.